The summed E-state index contributed by atoms with van der Waals surface area (Å²) in [6.07, 6.45) is 0. The lowest BCUT2D eigenvalue weighted by atomic mass is 9.98. The first kappa shape index (κ1) is 14.4. The minimum atomic E-state index is -0.401. The van der Waals surface area contributed by atoms with Crippen molar-refractivity contribution < 1.29 is 9.59 Å². The average molecular weight is 333 g/mol. The highest BCUT2D eigenvalue weighted by molar-refractivity contribution is 9.09. The van der Waals surface area contributed by atoms with Crippen LogP contribution in [0.2, 0.25) is 0 Å². The van der Waals surface area contributed by atoms with E-state index < -0.39 is 5.91 Å². The molecule has 0 aliphatic rings. The number of nitrogens with two attached hydrogens (primary N) is 1. The molecule has 0 heterocycles. The fourth-order valence-electron chi connectivity index (χ4n) is 1.82. The zero-order chi connectivity index (χ0) is 14.5. The molecular formula is C15H13BrN2O2. The summed E-state index contributed by atoms with van der Waals surface area (Å²) in [6, 6.07) is 15.5. The van der Waals surface area contributed by atoms with Gasteiger partial charge in [0.15, 0.2) is 5.78 Å². The molecule has 1 amide bonds. The molecular weight excluding hydrogens is 320 g/mol. The van der Waals surface area contributed by atoms with E-state index in [1.807, 2.05) is 6.07 Å². The minimum Gasteiger partial charge on any atom is -0.289 e. The number of halogens is 1. The Labute approximate surface area is 125 Å². The molecule has 0 radical (unpaired) electrons. The van der Waals surface area contributed by atoms with E-state index in [2.05, 4.69) is 15.9 Å². The van der Waals surface area contributed by atoms with Crippen LogP contribution in [0.4, 0.5) is 0 Å². The molecule has 2 N–H and O–H groups in total. The van der Waals surface area contributed by atoms with E-state index >= 15 is 0 Å². The van der Waals surface area contributed by atoms with Gasteiger partial charge in [0.25, 0.3) is 5.91 Å². The summed E-state index contributed by atoms with van der Waals surface area (Å²) >= 11 is 3.11. The van der Waals surface area contributed by atoms with Gasteiger partial charge in [-0.3, -0.25) is 14.6 Å². The van der Waals surface area contributed by atoms with Gasteiger partial charge in [0.05, 0.1) is 11.0 Å². The van der Waals surface area contributed by atoms with E-state index in [0.717, 1.165) is 5.01 Å². The van der Waals surface area contributed by atoms with Gasteiger partial charge in [-0.05, 0) is 6.07 Å². The molecule has 2 aromatic carbocycles. The van der Waals surface area contributed by atoms with Gasteiger partial charge in [0.2, 0.25) is 0 Å². The first-order chi connectivity index (χ1) is 9.65. The number of amides is 1. The van der Waals surface area contributed by atoms with Crippen LogP contribution in [0.25, 0.3) is 0 Å². The van der Waals surface area contributed by atoms with Crippen molar-refractivity contribution in [1.29, 1.82) is 0 Å². The number of hydrogen-bond donors (Lipinski definition) is 1. The van der Waals surface area contributed by atoms with Crippen molar-refractivity contribution in [3.05, 3.63) is 71.3 Å². The molecule has 0 atom stereocenters. The van der Waals surface area contributed by atoms with Crippen LogP contribution in [-0.4, -0.2) is 22.2 Å². The van der Waals surface area contributed by atoms with Crippen LogP contribution in [0, 0.1) is 0 Å². The highest BCUT2D eigenvalue weighted by Crippen LogP contribution is 2.16. The molecule has 0 spiro atoms. The van der Waals surface area contributed by atoms with Crippen LogP contribution in [0.3, 0.4) is 0 Å². The lowest BCUT2D eigenvalue weighted by Crippen LogP contribution is -2.36. The molecule has 0 saturated carbocycles. The number of nitrogens with zero attached hydrogens (tertiary/aromatic N) is 1. The number of alkyl halides is 1. The van der Waals surface area contributed by atoms with Crippen molar-refractivity contribution in [1.82, 2.24) is 5.01 Å². The SMILES string of the molecule is NN(CBr)C(=O)c1ccccc1C(=O)c1ccccc1. The molecule has 102 valence electrons. The fraction of sp³-hybridized carbons (Fsp3) is 0.0667. The normalized spacial score (nSPS) is 10.1. The quantitative estimate of drug-likeness (QED) is 0.234. The van der Waals surface area contributed by atoms with Crippen molar-refractivity contribution in [2.75, 3.05) is 5.45 Å². The topological polar surface area (TPSA) is 63.4 Å². The van der Waals surface area contributed by atoms with Crippen LogP contribution in [0.1, 0.15) is 26.3 Å². The summed E-state index contributed by atoms with van der Waals surface area (Å²) in [6.45, 7) is 0. The second-order valence-electron chi connectivity index (χ2n) is 4.14. The summed E-state index contributed by atoms with van der Waals surface area (Å²) in [4.78, 5) is 24.6. The zero-order valence-electron chi connectivity index (χ0n) is 10.6. The van der Waals surface area contributed by atoms with E-state index in [9.17, 15) is 9.59 Å². The molecule has 0 aliphatic carbocycles. The smallest absolute Gasteiger partial charge is 0.269 e. The molecule has 4 nitrogen and oxygen atoms in total. The summed E-state index contributed by atoms with van der Waals surface area (Å²) in [5.41, 5.74) is 1.37. The molecule has 0 aliphatic heterocycles. The van der Waals surface area contributed by atoms with Crippen molar-refractivity contribution in [2.24, 2.45) is 5.84 Å². The monoisotopic (exact) mass is 332 g/mol. The molecule has 5 heteroatoms. The number of benzene rings is 2. The van der Waals surface area contributed by atoms with Crippen molar-refractivity contribution in [3.63, 3.8) is 0 Å². The number of hydrogen-bond acceptors (Lipinski definition) is 3. The zero-order valence-corrected chi connectivity index (χ0v) is 12.2. The summed E-state index contributed by atoms with van der Waals surface area (Å²) in [7, 11) is 0. The molecule has 0 fully saturated rings. The van der Waals surface area contributed by atoms with E-state index in [1.54, 1.807) is 48.5 Å². The number of carbonyl (C=O) groups excluding carboxylic acids is 2. The van der Waals surface area contributed by atoms with E-state index in [0.29, 0.717) is 16.7 Å². The first-order valence-corrected chi connectivity index (χ1v) is 7.08. The maximum absolute atomic E-state index is 12.5. The third-order valence-electron chi connectivity index (χ3n) is 2.83. The fourth-order valence-corrected chi connectivity index (χ4v) is 2.05. The third kappa shape index (κ3) is 2.95. The minimum absolute atomic E-state index is 0.194. The van der Waals surface area contributed by atoms with E-state index in [1.165, 1.54) is 0 Å². The largest absolute Gasteiger partial charge is 0.289 e. The lowest BCUT2D eigenvalue weighted by molar-refractivity contribution is 0.0783. The summed E-state index contributed by atoms with van der Waals surface area (Å²) in [5.74, 6) is 4.98. The van der Waals surface area contributed by atoms with Crippen LogP contribution >= 0.6 is 15.9 Å². The van der Waals surface area contributed by atoms with E-state index in [4.69, 9.17) is 5.84 Å². The standard InChI is InChI=1S/C15H13BrN2O2/c16-10-18(17)15(20)13-9-5-4-8-12(13)14(19)11-6-2-1-3-7-11/h1-9H,10,17H2. The Balaban J connectivity index is 2.43. The second kappa shape index (κ2) is 6.45. The first-order valence-electron chi connectivity index (χ1n) is 5.96. The van der Waals surface area contributed by atoms with Crippen molar-refractivity contribution in [3.8, 4) is 0 Å². The maximum Gasteiger partial charge on any atom is 0.269 e. The molecule has 20 heavy (non-hydrogen) atoms. The van der Waals surface area contributed by atoms with Crippen molar-refractivity contribution >= 4 is 27.6 Å². The van der Waals surface area contributed by atoms with Crippen LogP contribution in [0.15, 0.2) is 54.6 Å². The number of rotatable bonds is 4. The van der Waals surface area contributed by atoms with Gasteiger partial charge in [-0.25, -0.2) is 5.84 Å². The van der Waals surface area contributed by atoms with Gasteiger partial charge in [-0.1, -0.05) is 64.5 Å². The summed E-state index contributed by atoms with van der Waals surface area (Å²) in [5, 5.41) is 1.01. The predicted octanol–water partition coefficient (Wildman–Crippen LogP) is 2.59. The molecule has 0 bridgehead atoms. The van der Waals surface area contributed by atoms with E-state index in [-0.39, 0.29) is 11.2 Å². The Bertz CT molecular complexity index is 629. The molecule has 0 saturated heterocycles. The highest BCUT2D eigenvalue weighted by Gasteiger charge is 2.20. The Morgan fingerprint density at radius 3 is 2.10 bits per heavy atom. The number of ketones is 1. The number of carbonyl (C=O) groups is 2. The van der Waals surface area contributed by atoms with Crippen LogP contribution in [0.5, 0.6) is 0 Å². The van der Waals surface area contributed by atoms with Gasteiger partial charge in [-0.2, -0.15) is 0 Å². The van der Waals surface area contributed by atoms with Gasteiger partial charge in [0, 0.05) is 11.1 Å². The Kier molecular flexibility index (Phi) is 4.65. The Morgan fingerprint density at radius 2 is 1.50 bits per heavy atom. The predicted molar refractivity (Wildman–Crippen MR) is 80.5 cm³/mol. The van der Waals surface area contributed by atoms with Crippen LogP contribution in [-0.2, 0) is 0 Å². The van der Waals surface area contributed by atoms with Gasteiger partial charge in [-0.15, -0.1) is 0 Å². The van der Waals surface area contributed by atoms with Gasteiger partial charge >= 0.3 is 0 Å². The van der Waals surface area contributed by atoms with Gasteiger partial charge in [0.1, 0.15) is 0 Å². The average Bonchev–Trinajstić information content (AvgIpc) is 2.53. The number of hydrazine groups is 1. The van der Waals surface area contributed by atoms with Gasteiger partial charge < -0.3 is 0 Å². The van der Waals surface area contributed by atoms with Crippen LogP contribution < -0.4 is 5.84 Å². The Hall–Kier alpha value is -1.98. The van der Waals surface area contributed by atoms with Crippen molar-refractivity contribution in [2.45, 2.75) is 0 Å². The molecule has 0 aromatic heterocycles. The lowest BCUT2D eigenvalue weighted by Gasteiger charge is -2.15. The Morgan fingerprint density at radius 1 is 0.950 bits per heavy atom. The molecule has 2 aromatic rings. The second-order valence-corrected chi connectivity index (χ2v) is 4.64. The third-order valence-corrected chi connectivity index (χ3v) is 3.37. The maximum atomic E-state index is 12.5. The molecule has 2 rings (SSSR count). The molecule has 0 unspecified atom stereocenters. The highest BCUT2D eigenvalue weighted by atomic mass is 79.9. The summed E-state index contributed by atoms with van der Waals surface area (Å²) < 4.78 is 0.